The highest BCUT2D eigenvalue weighted by Crippen LogP contribution is 2.43. The van der Waals surface area contributed by atoms with Crippen LogP contribution in [0.25, 0.3) is 0 Å². The van der Waals surface area contributed by atoms with Crippen LogP contribution in [-0.2, 0) is 37.4 Å². The molecule has 7 atom stereocenters. The number of allylic oxidation sites excluding steroid dienone is 2. The third-order valence-corrected chi connectivity index (χ3v) is 11.1. The second kappa shape index (κ2) is 35.1. The van der Waals surface area contributed by atoms with Crippen molar-refractivity contribution in [2.24, 2.45) is 11.7 Å². The molecule has 0 saturated carbocycles. The quantitative estimate of drug-likeness (QED) is 0.0173. The van der Waals surface area contributed by atoms with Crippen LogP contribution < -0.4 is 5.73 Å². The Morgan fingerprint density at radius 1 is 0.789 bits per heavy atom. The summed E-state index contributed by atoms with van der Waals surface area (Å²) in [6.45, 7) is 3.32. The van der Waals surface area contributed by atoms with Gasteiger partial charge in [-0.15, -0.1) is 0 Å². The molecule has 1 rings (SSSR count). The zero-order chi connectivity index (χ0) is 42.0. The maximum absolute atomic E-state index is 12.6. The van der Waals surface area contributed by atoms with Crippen LogP contribution >= 0.6 is 7.82 Å². The Morgan fingerprint density at radius 2 is 1.37 bits per heavy atom. The Morgan fingerprint density at radius 3 is 1.98 bits per heavy atom. The average Bonchev–Trinajstić information content (AvgIpc) is 3.17. The van der Waals surface area contributed by atoms with Gasteiger partial charge in [0.1, 0.15) is 6.61 Å². The second-order valence-electron chi connectivity index (χ2n) is 15.5. The molecule has 0 aliphatic carbocycles. The van der Waals surface area contributed by atoms with Gasteiger partial charge in [-0.1, -0.05) is 147 Å². The molecule has 0 aromatic heterocycles. The zero-order valence-corrected chi connectivity index (χ0v) is 36.3. The van der Waals surface area contributed by atoms with Crippen LogP contribution in [0.2, 0.25) is 0 Å². The third kappa shape index (κ3) is 30.1. The molecule has 2 unspecified atom stereocenters. The highest BCUT2D eigenvalue weighted by Gasteiger charge is 2.35. The number of carbonyl (C=O) groups is 2. The number of carbonyl (C=O) groups excluding carboxylic acids is 2. The van der Waals surface area contributed by atoms with Crippen LogP contribution in [0.3, 0.4) is 0 Å². The van der Waals surface area contributed by atoms with Gasteiger partial charge >= 0.3 is 19.8 Å². The van der Waals surface area contributed by atoms with Crippen molar-refractivity contribution in [1.82, 2.24) is 0 Å². The topological polar surface area (TPSA) is 204 Å². The number of hydrogen-bond acceptors (Lipinski definition) is 12. The molecule has 0 aromatic rings. The zero-order valence-electron chi connectivity index (χ0n) is 35.4. The molecule has 13 nitrogen and oxygen atoms in total. The van der Waals surface area contributed by atoms with E-state index in [2.05, 4.69) is 13.8 Å². The molecule has 14 heteroatoms. The summed E-state index contributed by atoms with van der Waals surface area (Å²) < 4.78 is 38.4. The standard InChI is InChI=1S/C43H80NO12P/c1-3-5-7-8-9-10-11-12-13-14-15-16-17-18-24-28-42(48)55-37(35-54-57(50,51)53-32-31-44)34-52-41(47)27-23-20-19-22-26-38-39(46)33-43(49)56-40(38)30-29-36(45)25-21-6-4-2/h19,22,29-30,36-40,43,45-46,49H,3-18,20-21,23-28,31-35,44H2,1-2H3,(H,50,51)/b22-19-,30-29+/t36-,37+,38-,39-,40+,43?/m0/s1. The van der Waals surface area contributed by atoms with Crippen molar-refractivity contribution in [1.29, 1.82) is 0 Å². The third-order valence-electron chi connectivity index (χ3n) is 10.1. The monoisotopic (exact) mass is 834 g/mol. The van der Waals surface area contributed by atoms with Gasteiger partial charge in [0.2, 0.25) is 0 Å². The van der Waals surface area contributed by atoms with Crippen LogP contribution in [-0.4, -0.2) is 89.2 Å². The molecule has 6 N–H and O–H groups in total. The fourth-order valence-electron chi connectivity index (χ4n) is 6.73. The minimum absolute atomic E-state index is 0.0155. The van der Waals surface area contributed by atoms with E-state index in [1.165, 1.54) is 70.6 Å². The number of rotatable bonds is 37. The molecule has 57 heavy (non-hydrogen) atoms. The molecule has 1 aliphatic rings. The molecule has 0 spiro atoms. The molecule has 0 aromatic carbocycles. The van der Waals surface area contributed by atoms with E-state index in [0.717, 1.165) is 38.5 Å². The van der Waals surface area contributed by atoms with E-state index in [0.29, 0.717) is 32.1 Å². The van der Waals surface area contributed by atoms with Gasteiger partial charge in [0, 0.05) is 31.7 Å². The van der Waals surface area contributed by atoms with Crippen molar-refractivity contribution in [2.75, 3.05) is 26.4 Å². The van der Waals surface area contributed by atoms with Crippen LogP contribution in [0.4, 0.5) is 0 Å². The summed E-state index contributed by atoms with van der Waals surface area (Å²) in [7, 11) is -4.44. The summed E-state index contributed by atoms with van der Waals surface area (Å²) in [4.78, 5) is 35.1. The van der Waals surface area contributed by atoms with Crippen LogP contribution in [0.1, 0.15) is 174 Å². The summed E-state index contributed by atoms with van der Waals surface area (Å²) in [5.74, 6) is -1.32. The molecule has 1 fully saturated rings. The summed E-state index contributed by atoms with van der Waals surface area (Å²) in [5, 5.41) is 30.9. The van der Waals surface area contributed by atoms with Gasteiger partial charge in [-0.05, 0) is 32.1 Å². The summed E-state index contributed by atoms with van der Waals surface area (Å²) in [5.41, 5.74) is 5.34. The predicted octanol–water partition coefficient (Wildman–Crippen LogP) is 8.49. The lowest BCUT2D eigenvalue weighted by atomic mass is 9.87. The molecule has 334 valence electrons. The van der Waals surface area contributed by atoms with Gasteiger partial charge in [-0.25, -0.2) is 4.57 Å². The first-order valence-corrected chi connectivity index (χ1v) is 23.7. The number of phosphoric ester groups is 1. The average molecular weight is 834 g/mol. The lowest BCUT2D eigenvalue weighted by Gasteiger charge is -2.36. The molecular weight excluding hydrogens is 753 g/mol. The number of esters is 2. The van der Waals surface area contributed by atoms with Crippen molar-refractivity contribution < 1.29 is 57.6 Å². The van der Waals surface area contributed by atoms with Crippen molar-refractivity contribution in [2.45, 2.75) is 205 Å². The predicted molar refractivity (Wildman–Crippen MR) is 223 cm³/mol. The Bertz CT molecular complexity index is 1110. The largest absolute Gasteiger partial charge is 0.472 e. The van der Waals surface area contributed by atoms with E-state index in [1.807, 2.05) is 12.2 Å². The van der Waals surface area contributed by atoms with Crippen LogP contribution in [0.5, 0.6) is 0 Å². The molecule has 1 aliphatic heterocycles. The van der Waals surface area contributed by atoms with E-state index in [9.17, 15) is 34.4 Å². The van der Waals surface area contributed by atoms with Gasteiger partial charge in [-0.2, -0.15) is 0 Å². The van der Waals surface area contributed by atoms with Crippen molar-refractivity contribution in [3.63, 3.8) is 0 Å². The van der Waals surface area contributed by atoms with E-state index < -0.39 is 57.1 Å². The Labute approximate surface area is 344 Å². The first-order chi connectivity index (χ1) is 27.5. The SMILES string of the molecule is CCCCCCCCCCCCCCCCCC(=O)O[C@H](COC(=O)CCC/C=C\C[C@H]1[C@@H](O)CC(O)O[C@@H]1/C=C/[C@@H](O)CCCCC)COP(=O)(O)OCCN. The molecule has 0 radical (unpaired) electrons. The lowest BCUT2D eigenvalue weighted by Crippen LogP contribution is -2.43. The second-order valence-corrected chi connectivity index (χ2v) is 16.9. The Hall–Kier alpha value is -1.67. The lowest BCUT2D eigenvalue weighted by molar-refractivity contribution is -0.199. The maximum Gasteiger partial charge on any atom is 0.472 e. The highest BCUT2D eigenvalue weighted by molar-refractivity contribution is 7.47. The smallest absolute Gasteiger partial charge is 0.462 e. The minimum Gasteiger partial charge on any atom is -0.462 e. The van der Waals surface area contributed by atoms with Gasteiger partial charge in [-0.3, -0.25) is 18.6 Å². The fraction of sp³-hybridized carbons (Fsp3) is 0.860. The van der Waals surface area contributed by atoms with Crippen LogP contribution in [0.15, 0.2) is 24.3 Å². The Kier molecular flexibility index (Phi) is 32.9. The molecule has 0 amide bonds. The van der Waals surface area contributed by atoms with E-state index in [1.54, 1.807) is 12.2 Å². The van der Waals surface area contributed by atoms with E-state index in [4.69, 9.17) is 29.0 Å². The summed E-state index contributed by atoms with van der Waals surface area (Å²) in [6, 6.07) is 0. The van der Waals surface area contributed by atoms with Gasteiger partial charge in [0.15, 0.2) is 12.4 Å². The normalized spacial score (nSPS) is 20.8. The van der Waals surface area contributed by atoms with E-state index >= 15 is 0 Å². The number of unbranched alkanes of at least 4 members (excludes halogenated alkanes) is 17. The van der Waals surface area contributed by atoms with E-state index in [-0.39, 0.29) is 44.9 Å². The van der Waals surface area contributed by atoms with Gasteiger partial charge in [0.05, 0.1) is 31.5 Å². The first-order valence-electron chi connectivity index (χ1n) is 22.2. The van der Waals surface area contributed by atoms with Crippen LogP contribution in [0, 0.1) is 5.92 Å². The van der Waals surface area contributed by atoms with Crippen molar-refractivity contribution in [3.05, 3.63) is 24.3 Å². The summed E-state index contributed by atoms with van der Waals surface area (Å²) >= 11 is 0. The number of phosphoric acid groups is 1. The van der Waals surface area contributed by atoms with Crippen molar-refractivity contribution in [3.8, 4) is 0 Å². The molecule has 0 bridgehead atoms. The van der Waals surface area contributed by atoms with Gasteiger partial charge in [0.25, 0.3) is 0 Å². The highest BCUT2D eigenvalue weighted by atomic mass is 31.2. The van der Waals surface area contributed by atoms with Crippen molar-refractivity contribution >= 4 is 19.8 Å². The fourth-order valence-corrected chi connectivity index (χ4v) is 7.50. The first kappa shape index (κ1) is 53.3. The number of hydrogen-bond donors (Lipinski definition) is 5. The number of aliphatic hydroxyl groups excluding tert-OH is 3. The number of nitrogens with two attached hydrogens (primary N) is 1. The Balaban J connectivity index is 2.42. The van der Waals surface area contributed by atoms with Gasteiger partial charge < -0.3 is 40.2 Å². The number of aliphatic hydroxyl groups is 3. The molecular formula is C43H80NO12P. The maximum atomic E-state index is 12.6. The number of ether oxygens (including phenoxy) is 3. The molecule has 1 heterocycles. The summed E-state index contributed by atoms with van der Waals surface area (Å²) in [6.07, 6.45) is 26.8. The molecule has 1 saturated heterocycles. The minimum atomic E-state index is -4.44.